The zero-order valence-electron chi connectivity index (χ0n) is 19.0. The lowest BCUT2D eigenvalue weighted by Crippen LogP contribution is -2.32. The van der Waals surface area contributed by atoms with Crippen molar-refractivity contribution < 1.29 is 33.6 Å². The number of hydrazine groups is 1. The van der Waals surface area contributed by atoms with Gasteiger partial charge in [-0.2, -0.15) is 0 Å². The van der Waals surface area contributed by atoms with Crippen LogP contribution in [0.25, 0.3) is 11.1 Å². The third-order valence-electron chi connectivity index (χ3n) is 5.47. The highest BCUT2D eigenvalue weighted by Crippen LogP contribution is 2.33. The number of rotatable bonds is 7. The molecule has 0 fully saturated rings. The molecule has 0 unspecified atom stereocenters. The SMILES string of the molecule is NNC(=O)c1c(C(=O)OC(=O)c2occc2-c2ccc(Cc3ccccc3)cc2)ccc(O)c1[N+](=O)[O-]. The Morgan fingerprint density at radius 2 is 1.62 bits per heavy atom. The van der Waals surface area contributed by atoms with Crippen LogP contribution in [0.15, 0.2) is 83.5 Å². The van der Waals surface area contributed by atoms with Gasteiger partial charge in [0.25, 0.3) is 5.91 Å². The van der Waals surface area contributed by atoms with Gasteiger partial charge in [-0.3, -0.25) is 20.3 Å². The number of amides is 1. The van der Waals surface area contributed by atoms with Crippen LogP contribution in [0.5, 0.6) is 5.75 Å². The number of nitrogens with two attached hydrogens (primary N) is 1. The maximum atomic E-state index is 12.8. The molecule has 1 aromatic heterocycles. The first-order valence-corrected chi connectivity index (χ1v) is 10.8. The van der Waals surface area contributed by atoms with E-state index in [2.05, 4.69) is 0 Å². The maximum absolute atomic E-state index is 12.8. The minimum absolute atomic E-state index is 0.290. The second-order valence-corrected chi connectivity index (χ2v) is 7.79. The number of phenols is 1. The fourth-order valence-corrected chi connectivity index (χ4v) is 3.75. The molecule has 4 aromatic rings. The van der Waals surface area contributed by atoms with E-state index in [0.717, 1.165) is 23.3 Å². The van der Waals surface area contributed by atoms with Gasteiger partial charge in [-0.05, 0) is 41.3 Å². The van der Waals surface area contributed by atoms with E-state index in [1.807, 2.05) is 42.5 Å². The molecule has 0 bridgehead atoms. The van der Waals surface area contributed by atoms with Gasteiger partial charge in [0.05, 0.1) is 16.7 Å². The number of nitrogens with zero attached hydrogens (tertiary/aromatic N) is 1. The Balaban J connectivity index is 1.58. The van der Waals surface area contributed by atoms with Crippen LogP contribution in [0, 0.1) is 10.1 Å². The summed E-state index contributed by atoms with van der Waals surface area (Å²) in [5.74, 6) is 0.0934. The highest BCUT2D eigenvalue weighted by atomic mass is 16.6. The van der Waals surface area contributed by atoms with E-state index in [-0.39, 0.29) is 5.76 Å². The molecule has 0 saturated carbocycles. The molecule has 0 aliphatic heterocycles. The lowest BCUT2D eigenvalue weighted by atomic mass is 10.0. The molecule has 1 heterocycles. The van der Waals surface area contributed by atoms with Crippen molar-refractivity contribution >= 4 is 23.5 Å². The summed E-state index contributed by atoms with van der Waals surface area (Å²) in [6.07, 6.45) is 1.96. The van der Waals surface area contributed by atoms with Crippen LogP contribution in [-0.2, 0) is 11.2 Å². The van der Waals surface area contributed by atoms with E-state index in [4.69, 9.17) is 15.0 Å². The number of phenolic OH excluding ortho intramolecular Hbond substituents is 1. The molecule has 37 heavy (non-hydrogen) atoms. The van der Waals surface area contributed by atoms with Gasteiger partial charge >= 0.3 is 17.6 Å². The fraction of sp³-hybridized carbons (Fsp3) is 0.0385. The summed E-state index contributed by atoms with van der Waals surface area (Å²) in [7, 11) is 0. The number of carbonyl (C=O) groups excluding carboxylic acids is 3. The third-order valence-corrected chi connectivity index (χ3v) is 5.47. The Bertz CT molecular complexity index is 1490. The largest absolute Gasteiger partial charge is 0.502 e. The Kier molecular flexibility index (Phi) is 7.07. The summed E-state index contributed by atoms with van der Waals surface area (Å²) >= 11 is 0. The van der Waals surface area contributed by atoms with Crippen LogP contribution >= 0.6 is 0 Å². The molecule has 186 valence electrons. The molecule has 11 heteroatoms. The number of nitro groups is 1. The number of hydrogen-bond acceptors (Lipinski definition) is 9. The molecule has 0 atom stereocenters. The molecule has 0 spiro atoms. The molecule has 0 aliphatic rings. The number of furan rings is 1. The lowest BCUT2D eigenvalue weighted by Gasteiger charge is -2.09. The zero-order chi connectivity index (χ0) is 26.5. The third kappa shape index (κ3) is 5.21. The van der Waals surface area contributed by atoms with Crippen molar-refractivity contribution in [2.75, 3.05) is 0 Å². The van der Waals surface area contributed by atoms with Gasteiger partial charge < -0.3 is 14.3 Å². The number of nitrogen functional groups attached to an aromatic ring is 1. The minimum atomic E-state index is -1.38. The van der Waals surface area contributed by atoms with Crippen molar-refractivity contribution in [2.45, 2.75) is 6.42 Å². The number of esters is 2. The van der Waals surface area contributed by atoms with E-state index in [0.29, 0.717) is 17.5 Å². The van der Waals surface area contributed by atoms with Crippen molar-refractivity contribution in [2.24, 2.45) is 5.84 Å². The highest BCUT2D eigenvalue weighted by Gasteiger charge is 2.33. The number of aromatic hydroxyl groups is 1. The van der Waals surface area contributed by atoms with Gasteiger partial charge in [0.1, 0.15) is 5.56 Å². The van der Waals surface area contributed by atoms with Crippen LogP contribution in [0.1, 0.15) is 42.4 Å². The maximum Gasteiger partial charge on any atom is 0.382 e. The quantitative estimate of drug-likeness (QED) is 0.0850. The lowest BCUT2D eigenvalue weighted by molar-refractivity contribution is -0.386. The van der Waals surface area contributed by atoms with Crippen LogP contribution in [0.2, 0.25) is 0 Å². The predicted octanol–water partition coefficient (Wildman–Crippen LogP) is 3.75. The van der Waals surface area contributed by atoms with Gasteiger partial charge in [0.15, 0.2) is 5.75 Å². The second-order valence-electron chi connectivity index (χ2n) is 7.79. The number of nitrogens with one attached hydrogen (secondary N) is 1. The van der Waals surface area contributed by atoms with Crippen molar-refractivity contribution in [3.63, 3.8) is 0 Å². The van der Waals surface area contributed by atoms with Gasteiger partial charge in [0, 0.05) is 5.56 Å². The van der Waals surface area contributed by atoms with Gasteiger partial charge in [0.2, 0.25) is 5.76 Å². The Labute approximate surface area is 209 Å². The van der Waals surface area contributed by atoms with Crippen molar-refractivity contribution in [1.29, 1.82) is 0 Å². The summed E-state index contributed by atoms with van der Waals surface area (Å²) in [6, 6.07) is 20.5. The first kappa shape index (κ1) is 24.8. The van der Waals surface area contributed by atoms with Gasteiger partial charge in [-0.25, -0.2) is 15.4 Å². The smallest absolute Gasteiger partial charge is 0.382 e. The number of carbonyl (C=O) groups is 3. The Hall–Kier alpha value is -5.29. The van der Waals surface area contributed by atoms with E-state index < -0.39 is 45.3 Å². The number of nitro benzene ring substituents is 1. The van der Waals surface area contributed by atoms with Gasteiger partial charge in [-0.1, -0.05) is 54.6 Å². The van der Waals surface area contributed by atoms with Crippen LogP contribution < -0.4 is 11.3 Å². The molecule has 4 rings (SSSR count). The predicted molar refractivity (Wildman–Crippen MR) is 130 cm³/mol. The normalized spacial score (nSPS) is 10.5. The summed E-state index contributed by atoms with van der Waals surface area (Å²) in [5, 5.41) is 21.2. The van der Waals surface area contributed by atoms with Crippen LogP contribution in [-0.4, -0.2) is 27.9 Å². The fourth-order valence-electron chi connectivity index (χ4n) is 3.75. The first-order valence-electron chi connectivity index (χ1n) is 10.8. The van der Waals surface area contributed by atoms with Crippen molar-refractivity contribution in [1.82, 2.24) is 5.43 Å². The van der Waals surface area contributed by atoms with Crippen LogP contribution in [0.4, 0.5) is 5.69 Å². The van der Waals surface area contributed by atoms with E-state index >= 15 is 0 Å². The second kappa shape index (κ2) is 10.5. The van der Waals surface area contributed by atoms with Crippen molar-refractivity contribution in [3.8, 4) is 16.9 Å². The summed E-state index contributed by atoms with van der Waals surface area (Å²) in [6.45, 7) is 0. The standard InChI is InChI=1S/C26H19N3O8/c27-28-24(31)21-19(10-11-20(30)22(21)29(34)35)25(32)37-26(33)23-18(12-13-36-23)17-8-6-16(7-9-17)14-15-4-2-1-3-5-15/h1-13,30H,14,27H2,(H,28,31). The minimum Gasteiger partial charge on any atom is -0.502 e. The van der Waals surface area contributed by atoms with Crippen molar-refractivity contribution in [3.05, 3.63) is 117 Å². The molecule has 3 aromatic carbocycles. The molecule has 0 saturated heterocycles. The number of ether oxygens (including phenoxy) is 1. The van der Waals surface area contributed by atoms with E-state index in [9.17, 15) is 29.6 Å². The highest BCUT2D eigenvalue weighted by molar-refractivity contribution is 6.12. The Morgan fingerprint density at radius 3 is 2.27 bits per heavy atom. The van der Waals surface area contributed by atoms with E-state index in [1.54, 1.807) is 17.6 Å². The molecule has 0 aliphatic carbocycles. The first-order chi connectivity index (χ1) is 17.8. The summed E-state index contributed by atoms with van der Waals surface area (Å²) < 4.78 is 10.1. The van der Waals surface area contributed by atoms with Crippen LogP contribution in [0.3, 0.4) is 0 Å². The summed E-state index contributed by atoms with van der Waals surface area (Å²) in [5.41, 5.74) is 2.22. The number of hydrogen-bond donors (Lipinski definition) is 3. The average molecular weight is 501 g/mol. The van der Waals surface area contributed by atoms with E-state index in [1.165, 1.54) is 12.3 Å². The topological polar surface area (TPSA) is 175 Å². The molecule has 1 amide bonds. The molecular formula is C26H19N3O8. The molecule has 0 radical (unpaired) electrons. The summed E-state index contributed by atoms with van der Waals surface area (Å²) in [4.78, 5) is 48.0. The monoisotopic (exact) mass is 501 g/mol. The molecule has 4 N–H and O–H groups in total. The average Bonchev–Trinajstić information content (AvgIpc) is 3.39. The molecular weight excluding hydrogens is 482 g/mol. The Morgan fingerprint density at radius 1 is 0.946 bits per heavy atom. The molecule has 11 nitrogen and oxygen atoms in total. The zero-order valence-corrected chi connectivity index (χ0v) is 19.0. The van der Waals surface area contributed by atoms with Gasteiger partial charge in [-0.15, -0.1) is 0 Å². The number of benzene rings is 3.